The molecule has 0 spiro atoms. The molecule has 22 heavy (non-hydrogen) atoms. The third kappa shape index (κ3) is 4.17. The standard InChI is InChI=1S/C15H22N4O3/c1-11(10-18-7-3-2-4-8-18)17-14-6-5-12(19(21)22)9-13(14)15(16)20/h5-6,9,11,17H,2-4,7-8,10H2,1H3,(H2,16,20). The highest BCUT2D eigenvalue weighted by atomic mass is 16.6. The molecular formula is C15H22N4O3. The lowest BCUT2D eigenvalue weighted by molar-refractivity contribution is -0.384. The number of primary amides is 1. The number of hydrogen-bond donors (Lipinski definition) is 2. The number of anilines is 1. The molecule has 1 aliphatic rings. The van der Waals surface area contributed by atoms with E-state index in [2.05, 4.69) is 10.2 Å². The van der Waals surface area contributed by atoms with E-state index < -0.39 is 10.8 Å². The molecule has 0 radical (unpaired) electrons. The van der Waals surface area contributed by atoms with Crippen LogP contribution in [0.5, 0.6) is 0 Å². The molecule has 1 aromatic carbocycles. The van der Waals surface area contributed by atoms with Gasteiger partial charge in [-0.25, -0.2) is 0 Å². The highest BCUT2D eigenvalue weighted by molar-refractivity contribution is 5.99. The van der Waals surface area contributed by atoms with E-state index in [9.17, 15) is 14.9 Å². The molecular weight excluding hydrogens is 284 g/mol. The van der Waals surface area contributed by atoms with Gasteiger partial charge in [0.05, 0.1) is 10.5 Å². The molecule has 1 fully saturated rings. The van der Waals surface area contributed by atoms with Crippen molar-refractivity contribution in [2.75, 3.05) is 25.0 Å². The lowest BCUT2D eigenvalue weighted by Crippen LogP contribution is -2.38. The highest BCUT2D eigenvalue weighted by Crippen LogP contribution is 2.22. The number of carbonyl (C=O) groups is 1. The van der Waals surface area contributed by atoms with Crippen LogP contribution in [0.25, 0.3) is 0 Å². The molecule has 1 aromatic rings. The fraction of sp³-hybridized carbons (Fsp3) is 0.533. The molecule has 7 nitrogen and oxygen atoms in total. The number of piperidine rings is 1. The molecule has 0 aliphatic carbocycles. The number of benzene rings is 1. The molecule has 2 rings (SSSR count). The van der Waals surface area contributed by atoms with E-state index in [-0.39, 0.29) is 17.3 Å². The van der Waals surface area contributed by atoms with E-state index in [1.165, 1.54) is 31.4 Å². The topological polar surface area (TPSA) is 102 Å². The van der Waals surface area contributed by atoms with Gasteiger partial charge in [0, 0.05) is 30.4 Å². The summed E-state index contributed by atoms with van der Waals surface area (Å²) in [6.45, 7) is 5.08. The second-order valence-electron chi connectivity index (χ2n) is 5.76. The Kier molecular flexibility index (Phi) is 5.32. The van der Waals surface area contributed by atoms with Crippen molar-refractivity contribution >= 4 is 17.3 Å². The Morgan fingerprint density at radius 2 is 2.09 bits per heavy atom. The molecule has 120 valence electrons. The molecule has 0 aromatic heterocycles. The van der Waals surface area contributed by atoms with Crippen molar-refractivity contribution in [2.45, 2.75) is 32.2 Å². The molecule has 3 N–H and O–H groups in total. The van der Waals surface area contributed by atoms with Crippen LogP contribution in [0.2, 0.25) is 0 Å². The van der Waals surface area contributed by atoms with Crippen LogP contribution in [0.1, 0.15) is 36.5 Å². The van der Waals surface area contributed by atoms with Crippen LogP contribution in [-0.2, 0) is 0 Å². The SMILES string of the molecule is CC(CN1CCCCC1)Nc1ccc([N+](=O)[O-])cc1C(N)=O. The summed E-state index contributed by atoms with van der Waals surface area (Å²) >= 11 is 0. The highest BCUT2D eigenvalue weighted by Gasteiger charge is 2.18. The zero-order valence-electron chi connectivity index (χ0n) is 12.7. The second-order valence-corrected chi connectivity index (χ2v) is 5.76. The molecule has 0 bridgehead atoms. The van der Waals surface area contributed by atoms with Gasteiger partial charge in [0.25, 0.3) is 11.6 Å². The second kappa shape index (κ2) is 7.22. The summed E-state index contributed by atoms with van der Waals surface area (Å²) in [5.41, 5.74) is 5.89. The van der Waals surface area contributed by atoms with Gasteiger partial charge in [-0.1, -0.05) is 6.42 Å². The minimum Gasteiger partial charge on any atom is -0.381 e. The largest absolute Gasteiger partial charge is 0.381 e. The Labute approximate surface area is 129 Å². The lowest BCUT2D eigenvalue weighted by Gasteiger charge is -2.30. The first-order valence-corrected chi connectivity index (χ1v) is 7.54. The summed E-state index contributed by atoms with van der Waals surface area (Å²) in [5, 5.41) is 14.0. The number of amides is 1. The average molecular weight is 306 g/mol. The third-order valence-electron chi connectivity index (χ3n) is 3.86. The summed E-state index contributed by atoms with van der Waals surface area (Å²) in [4.78, 5) is 24.2. The third-order valence-corrected chi connectivity index (χ3v) is 3.86. The predicted molar refractivity (Wildman–Crippen MR) is 85.0 cm³/mol. The van der Waals surface area contributed by atoms with Gasteiger partial charge in [-0.3, -0.25) is 14.9 Å². The van der Waals surface area contributed by atoms with Gasteiger partial charge in [-0.2, -0.15) is 0 Å². The van der Waals surface area contributed by atoms with Crippen molar-refractivity contribution < 1.29 is 9.72 Å². The Hall–Kier alpha value is -2.15. The van der Waals surface area contributed by atoms with E-state index in [4.69, 9.17) is 5.73 Å². The van der Waals surface area contributed by atoms with Gasteiger partial charge < -0.3 is 16.0 Å². The molecule has 1 atom stereocenters. The Morgan fingerprint density at radius 3 is 2.68 bits per heavy atom. The minimum atomic E-state index is -0.670. The summed E-state index contributed by atoms with van der Waals surface area (Å²) in [6, 6.07) is 4.27. The van der Waals surface area contributed by atoms with Crippen LogP contribution in [0.15, 0.2) is 18.2 Å². The number of non-ortho nitro benzene ring substituents is 1. The fourth-order valence-corrected chi connectivity index (χ4v) is 2.82. The summed E-state index contributed by atoms with van der Waals surface area (Å²) in [6.07, 6.45) is 3.72. The molecule has 1 amide bonds. The maximum absolute atomic E-state index is 11.5. The van der Waals surface area contributed by atoms with Crippen LogP contribution < -0.4 is 11.1 Å². The number of nitrogens with zero attached hydrogens (tertiary/aromatic N) is 2. The summed E-state index contributed by atoms with van der Waals surface area (Å²) in [7, 11) is 0. The molecule has 1 heterocycles. The van der Waals surface area contributed by atoms with Crippen LogP contribution in [0.4, 0.5) is 11.4 Å². The summed E-state index contributed by atoms with van der Waals surface area (Å²) < 4.78 is 0. The molecule has 7 heteroatoms. The molecule has 1 aliphatic heterocycles. The van der Waals surface area contributed by atoms with Crippen molar-refractivity contribution in [2.24, 2.45) is 5.73 Å². The number of nitro benzene ring substituents is 1. The van der Waals surface area contributed by atoms with E-state index in [1.54, 1.807) is 6.07 Å². The predicted octanol–water partition coefficient (Wildman–Crippen LogP) is 1.98. The first-order chi connectivity index (χ1) is 10.5. The van der Waals surface area contributed by atoms with Gasteiger partial charge in [0.15, 0.2) is 0 Å². The zero-order chi connectivity index (χ0) is 16.1. The zero-order valence-corrected chi connectivity index (χ0v) is 12.7. The Bertz CT molecular complexity index is 556. The van der Waals surface area contributed by atoms with Crippen LogP contribution in [0, 0.1) is 10.1 Å². The monoisotopic (exact) mass is 306 g/mol. The van der Waals surface area contributed by atoms with Crippen LogP contribution in [0.3, 0.4) is 0 Å². The van der Waals surface area contributed by atoms with Crippen LogP contribution in [-0.4, -0.2) is 41.4 Å². The number of rotatable bonds is 6. The normalized spacial score (nSPS) is 17.0. The number of carbonyl (C=O) groups excluding carboxylic acids is 1. The average Bonchev–Trinajstić information content (AvgIpc) is 2.48. The first kappa shape index (κ1) is 16.2. The van der Waals surface area contributed by atoms with E-state index in [0.29, 0.717) is 5.69 Å². The Morgan fingerprint density at radius 1 is 1.41 bits per heavy atom. The van der Waals surface area contributed by atoms with Crippen LogP contribution >= 0.6 is 0 Å². The molecule has 0 saturated carbocycles. The number of nitro groups is 1. The van der Waals surface area contributed by atoms with Crippen molar-refractivity contribution in [1.29, 1.82) is 0 Å². The van der Waals surface area contributed by atoms with E-state index in [1.807, 2.05) is 6.92 Å². The van der Waals surface area contributed by atoms with E-state index in [0.717, 1.165) is 19.6 Å². The smallest absolute Gasteiger partial charge is 0.270 e. The summed E-state index contributed by atoms with van der Waals surface area (Å²) in [5.74, 6) is -0.670. The number of nitrogens with one attached hydrogen (secondary N) is 1. The van der Waals surface area contributed by atoms with Gasteiger partial charge in [-0.05, 0) is 38.9 Å². The van der Waals surface area contributed by atoms with Gasteiger partial charge >= 0.3 is 0 Å². The molecule has 1 unspecified atom stereocenters. The number of nitrogens with two attached hydrogens (primary N) is 1. The van der Waals surface area contributed by atoms with Gasteiger partial charge in [-0.15, -0.1) is 0 Å². The lowest BCUT2D eigenvalue weighted by atomic mass is 10.1. The maximum Gasteiger partial charge on any atom is 0.270 e. The van der Waals surface area contributed by atoms with Crippen molar-refractivity contribution in [1.82, 2.24) is 4.90 Å². The van der Waals surface area contributed by atoms with Gasteiger partial charge in [0.1, 0.15) is 0 Å². The number of likely N-dealkylation sites (tertiary alicyclic amines) is 1. The number of hydrogen-bond acceptors (Lipinski definition) is 5. The quantitative estimate of drug-likeness (QED) is 0.618. The van der Waals surface area contributed by atoms with E-state index >= 15 is 0 Å². The fourth-order valence-electron chi connectivity index (χ4n) is 2.82. The Balaban J connectivity index is 2.07. The first-order valence-electron chi connectivity index (χ1n) is 7.54. The molecule has 1 saturated heterocycles. The van der Waals surface area contributed by atoms with Gasteiger partial charge in [0.2, 0.25) is 0 Å². The van der Waals surface area contributed by atoms with Crippen molar-refractivity contribution in [3.63, 3.8) is 0 Å². The van der Waals surface area contributed by atoms with Crippen molar-refractivity contribution in [3.8, 4) is 0 Å². The van der Waals surface area contributed by atoms with Crippen molar-refractivity contribution in [3.05, 3.63) is 33.9 Å². The maximum atomic E-state index is 11.5. The minimum absolute atomic E-state index is 0.123.